The summed E-state index contributed by atoms with van der Waals surface area (Å²) in [5.74, 6) is 5.75. The van der Waals surface area contributed by atoms with E-state index in [4.69, 9.17) is 11.3 Å². The van der Waals surface area contributed by atoms with Gasteiger partial charge in [0.05, 0.1) is 5.56 Å². The van der Waals surface area contributed by atoms with Crippen LogP contribution in [0.1, 0.15) is 45.1 Å². The molecule has 0 amide bonds. The molecule has 4 N–H and O–H groups in total. The van der Waals surface area contributed by atoms with E-state index in [0.717, 1.165) is 33.8 Å². The third-order valence-corrected chi connectivity index (χ3v) is 6.18. The Labute approximate surface area is 185 Å². The zero-order valence-electron chi connectivity index (χ0n) is 17.4. The molecule has 31 heavy (non-hydrogen) atoms. The molecule has 0 unspecified atom stereocenters. The molecule has 0 saturated carbocycles. The number of aromatic hydroxyl groups is 1. The van der Waals surface area contributed by atoms with Gasteiger partial charge in [0.2, 0.25) is 0 Å². The Morgan fingerprint density at radius 2 is 1.77 bits per heavy atom. The van der Waals surface area contributed by atoms with Crippen molar-refractivity contribution in [3.63, 3.8) is 0 Å². The van der Waals surface area contributed by atoms with Crippen LogP contribution in [0.2, 0.25) is 0 Å². The van der Waals surface area contributed by atoms with Gasteiger partial charge >= 0.3 is 0 Å². The van der Waals surface area contributed by atoms with Gasteiger partial charge in [-0.3, -0.25) is 10.2 Å². The molecule has 0 atom stereocenters. The monoisotopic (exact) mass is 432 g/mol. The molecule has 0 fully saturated rings. The lowest BCUT2D eigenvalue weighted by atomic mass is 10.0. The summed E-state index contributed by atoms with van der Waals surface area (Å²) in [6.45, 7) is 3.28. The number of Topliss-reactive ketones (excluding diaryl/α,β-unsaturated/α-hetero) is 1. The summed E-state index contributed by atoms with van der Waals surface area (Å²) in [5.41, 5.74) is 5.17. The molecule has 0 bridgehead atoms. The zero-order chi connectivity index (χ0) is 22.4. The number of hydrogen-bond donors (Lipinski definition) is 3. The first-order valence-electron chi connectivity index (χ1n) is 9.72. The third-order valence-electron chi connectivity index (χ3n) is 4.94. The highest BCUT2D eigenvalue weighted by Gasteiger charge is 2.12. The molecule has 3 rings (SSSR count). The van der Waals surface area contributed by atoms with E-state index in [1.807, 2.05) is 37.3 Å². The average Bonchev–Trinajstić information content (AvgIpc) is 2.76. The number of nitrogens with zero attached hydrogens (tertiary/aromatic N) is 2. The average molecular weight is 433 g/mol. The molecule has 158 valence electrons. The van der Waals surface area contributed by atoms with Gasteiger partial charge in [-0.2, -0.15) is 0 Å². The molecule has 0 aliphatic heterocycles. The lowest BCUT2D eigenvalue weighted by Crippen LogP contribution is -1.97. The van der Waals surface area contributed by atoms with E-state index in [-0.39, 0.29) is 17.4 Å². The number of thioether (sulfide) groups is 1. The molecular formula is C24H24N4O2S. The summed E-state index contributed by atoms with van der Waals surface area (Å²) in [7, 11) is 0. The van der Waals surface area contributed by atoms with Crippen molar-refractivity contribution < 1.29 is 9.90 Å². The van der Waals surface area contributed by atoms with Crippen molar-refractivity contribution in [2.75, 3.05) is 0 Å². The Morgan fingerprint density at radius 1 is 1.06 bits per heavy atom. The summed E-state index contributed by atoms with van der Waals surface area (Å²) < 4.78 is 0. The second-order valence-electron chi connectivity index (χ2n) is 7.19. The number of benzene rings is 3. The lowest BCUT2D eigenvalue weighted by molar-refractivity contribution is 0.101. The molecule has 3 aromatic rings. The summed E-state index contributed by atoms with van der Waals surface area (Å²) in [6, 6.07) is 19.6. The number of hydrogen-bond acceptors (Lipinski definition) is 5. The van der Waals surface area contributed by atoms with E-state index >= 15 is 0 Å². The predicted molar refractivity (Wildman–Crippen MR) is 124 cm³/mol. The van der Waals surface area contributed by atoms with Gasteiger partial charge in [-0.15, -0.1) is 16.9 Å². The molecular weight excluding hydrogens is 408 g/mol. The van der Waals surface area contributed by atoms with Crippen molar-refractivity contribution in [1.82, 2.24) is 0 Å². The van der Waals surface area contributed by atoms with Crippen molar-refractivity contribution in [2.45, 2.75) is 30.9 Å². The number of nitrogens with two attached hydrogens (primary N) is 1. The molecule has 0 aromatic heterocycles. The Balaban J connectivity index is 1.65. The Kier molecular flexibility index (Phi) is 7.20. The van der Waals surface area contributed by atoms with E-state index in [0.29, 0.717) is 11.1 Å². The van der Waals surface area contributed by atoms with E-state index < -0.39 is 0 Å². The number of nitrogens with one attached hydrogen (secondary N) is 1. The standard InChI is InChI=1S/C24H24N4O2S/c1-15-22(11-10-21(16(2)29)23(15)30)31-14-18-8-6-17(7-9-18)12-19-4-3-5-20(13-19)24(25)27-28-26/h3-11,13,30H,12,14H2,1-2H3,(H3,25,26,27). The highest BCUT2D eigenvalue weighted by molar-refractivity contribution is 7.98. The second-order valence-corrected chi connectivity index (χ2v) is 8.20. The first kappa shape index (κ1) is 22.2. The van der Waals surface area contributed by atoms with Crippen LogP contribution in [0.4, 0.5) is 0 Å². The van der Waals surface area contributed by atoms with Gasteiger partial charge < -0.3 is 10.9 Å². The Hall–Kier alpha value is -3.45. The van der Waals surface area contributed by atoms with Gasteiger partial charge in [0.25, 0.3) is 0 Å². The number of amidine groups is 1. The van der Waals surface area contributed by atoms with E-state index in [1.54, 1.807) is 17.8 Å². The highest BCUT2D eigenvalue weighted by atomic mass is 32.2. The van der Waals surface area contributed by atoms with Crippen LogP contribution in [0.15, 0.2) is 75.9 Å². The van der Waals surface area contributed by atoms with Gasteiger partial charge in [0.15, 0.2) is 11.6 Å². The second kappa shape index (κ2) is 10.0. The number of carbonyl (C=O) groups is 1. The molecule has 6 nitrogen and oxygen atoms in total. The molecule has 0 saturated heterocycles. The zero-order valence-corrected chi connectivity index (χ0v) is 18.2. The van der Waals surface area contributed by atoms with Crippen LogP contribution >= 0.6 is 11.8 Å². The fourth-order valence-corrected chi connectivity index (χ4v) is 4.21. The first-order valence-corrected chi connectivity index (χ1v) is 10.7. The largest absolute Gasteiger partial charge is 0.507 e. The number of carbonyl (C=O) groups excluding carboxylic acids is 1. The smallest absolute Gasteiger partial charge is 0.176 e. The fourth-order valence-electron chi connectivity index (χ4n) is 3.22. The summed E-state index contributed by atoms with van der Waals surface area (Å²) >= 11 is 1.63. The fraction of sp³-hybridized carbons (Fsp3) is 0.167. The van der Waals surface area contributed by atoms with Crippen molar-refractivity contribution >= 4 is 23.4 Å². The van der Waals surface area contributed by atoms with Crippen LogP contribution in [0.5, 0.6) is 5.75 Å². The summed E-state index contributed by atoms with van der Waals surface area (Å²) in [5, 5.41) is 24.8. The quantitative estimate of drug-likeness (QED) is 0.0878. The number of ketones is 1. The van der Waals surface area contributed by atoms with E-state index in [2.05, 4.69) is 34.6 Å². The van der Waals surface area contributed by atoms with Gasteiger partial charge in [-0.25, -0.2) is 0 Å². The van der Waals surface area contributed by atoms with Crippen molar-refractivity contribution in [2.24, 2.45) is 16.2 Å². The van der Waals surface area contributed by atoms with Gasteiger partial charge in [0, 0.05) is 21.8 Å². The lowest BCUT2D eigenvalue weighted by Gasteiger charge is -2.11. The van der Waals surface area contributed by atoms with Crippen molar-refractivity contribution in [1.29, 1.82) is 5.41 Å². The van der Waals surface area contributed by atoms with Crippen LogP contribution in [0.25, 0.3) is 0 Å². The summed E-state index contributed by atoms with van der Waals surface area (Å²) in [6.07, 6.45) is 0.744. The van der Waals surface area contributed by atoms with Gasteiger partial charge in [-0.1, -0.05) is 47.7 Å². The van der Waals surface area contributed by atoms with Crippen molar-refractivity contribution in [3.05, 3.63) is 94.0 Å². The van der Waals surface area contributed by atoms with Gasteiger partial charge in [0.1, 0.15) is 5.75 Å². The third kappa shape index (κ3) is 5.58. The maximum absolute atomic E-state index is 11.6. The Bertz CT molecular complexity index is 1140. The number of phenolic OH excluding ortho intramolecular Hbond substituents is 1. The van der Waals surface area contributed by atoms with Crippen LogP contribution < -0.4 is 5.84 Å². The molecule has 3 aromatic carbocycles. The minimum Gasteiger partial charge on any atom is -0.507 e. The SMILES string of the molecule is CC(=O)c1ccc(SCc2ccc(Cc3cccc(C(=N)N=NN)c3)cc2)c(C)c1O. The first-order chi connectivity index (χ1) is 14.9. The molecule has 0 aliphatic carbocycles. The van der Waals surface area contributed by atoms with Crippen LogP contribution in [0.3, 0.4) is 0 Å². The van der Waals surface area contributed by atoms with Crippen LogP contribution in [-0.4, -0.2) is 16.7 Å². The van der Waals surface area contributed by atoms with E-state index in [9.17, 15) is 9.90 Å². The number of rotatable bonds is 7. The molecule has 7 heteroatoms. The number of phenols is 1. The minimum absolute atomic E-state index is 0.0365. The maximum Gasteiger partial charge on any atom is 0.176 e. The molecule has 0 aliphatic rings. The molecule has 0 radical (unpaired) electrons. The summed E-state index contributed by atoms with van der Waals surface area (Å²) in [4.78, 5) is 12.5. The van der Waals surface area contributed by atoms with E-state index in [1.165, 1.54) is 12.5 Å². The minimum atomic E-state index is -0.140. The Morgan fingerprint density at radius 3 is 2.45 bits per heavy atom. The highest BCUT2D eigenvalue weighted by Crippen LogP contribution is 2.33. The van der Waals surface area contributed by atoms with Crippen LogP contribution in [0, 0.1) is 12.3 Å². The van der Waals surface area contributed by atoms with Gasteiger partial charge in [-0.05, 0) is 55.2 Å². The molecule has 0 heterocycles. The maximum atomic E-state index is 11.6. The topological polar surface area (TPSA) is 112 Å². The normalized spacial score (nSPS) is 11.0. The van der Waals surface area contributed by atoms with Crippen LogP contribution in [-0.2, 0) is 12.2 Å². The van der Waals surface area contributed by atoms with Crippen molar-refractivity contribution in [3.8, 4) is 5.75 Å². The predicted octanol–water partition coefficient (Wildman–Crippen LogP) is 5.44. The molecule has 0 spiro atoms.